The monoisotopic (exact) mass is 278 g/mol. The van der Waals surface area contributed by atoms with Crippen molar-refractivity contribution in [3.8, 4) is 0 Å². The van der Waals surface area contributed by atoms with Crippen molar-refractivity contribution in [3.05, 3.63) is 24.3 Å². The fourth-order valence-corrected chi connectivity index (χ4v) is 2.25. The summed E-state index contributed by atoms with van der Waals surface area (Å²) < 4.78 is 42.5. The van der Waals surface area contributed by atoms with E-state index in [0.717, 1.165) is 25.6 Å². The Labute approximate surface area is 103 Å². The van der Waals surface area contributed by atoms with Gasteiger partial charge >= 0.3 is 5.97 Å². The normalized spacial score (nSPS) is 13.1. The van der Waals surface area contributed by atoms with Gasteiger partial charge in [-0.1, -0.05) is 0 Å². The molecule has 9 heteroatoms. The van der Waals surface area contributed by atoms with Crippen molar-refractivity contribution in [1.29, 1.82) is 0 Å². The van der Waals surface area contributed by atoms with Gasteiger partial charge in [0, 0.05) is 6.20 Å². The Balaban J connectivity index is 2.97. The molecule has 1 heterocycles. The van der Waals surface area contributed by atoms with Gasteiger partial charge in [-0.2, -0.15) is 4.72 Å². The molecule has 0 radical (unpaired) electrons. The number of methoxy groups -OCH3 is 1. The van der Waals surface area contributed by atoms with Gasteiger partial charge in [-0.05, 0) is 6.07 Å². The summed E-state index contributed by atoms with van der Waals surface area (Å²) >= 11 is 0. The quantitative estimate of drug-likeness (QED) is 0.671. The van der Waals surface area contributed by atoms with E-state index in [9.17, 15) is 17.6 Å². The maximum Gasteiger partial charge on any atom is 0.326 e. The second-order valence-corrected chi connectivity index (χ2v) is 4.93. The number of rotatable bonds is 5. The minimum atomic E-state index is -4.16. The lowest BCUT2D eigenvalue weighted by atomic mass is 10.3. The Morgan fingerprint density at radius 3 is 2.78 bits per heavy atom. The van der Waals surface area contributed by atoms with Gasteiger partial charge in [0.1, 0.15) is 16.8 Å². The Morgan fingerprint density at radius 1 is 1.61 bits per heavy atom. The highest BCUT2D eigenvalue weighted by Crippen LogP contribution is 2.09. The Bertz CT molecular complexity index is 534. The summed E-state index contributed by atoms with van der Waals surface area (Å²) in [5.74, 6) is -1.79. The third-order valence-corrected chi connectivity index (χ3v) is 3.39. The molecule has 1 rings (SSSR count). The van der Waals surface area contributed by atoms with Crippen LogP contribution in [0.25, 0.3) is 0 Å². The average molecular weight is 278 g/mol. The first-order valence-electron chi connectivity index (χ1n) is 4.72. The van der Waals surface area contributed by atoms with E-state index >= 15 is 0 Å². The third-order valence-electron chi connectivity index (χ3n) is 1.96. The van der Waals surface area contributed by atoms with Crippen LogP contribution in [-0.2, 0) is 19.6 Å². The number of carbonyl (C=O) groups excluding carboxylic acids is 1. The van der Waals surface area contributed by atoms with Crippen LogP contribution in [0, 0.1) is 5.82 Å². The number of nitrogens with zero attached hydrogens (tertiary/aromatic N) is 1. The number of sulfonamides is 1. The van der Waals surface area contributed by atoms with Crippen molar-refractivity contribution >= 4 is 16.0 Å². The molecule has 1 aromatic rings. The molecule has 2 N–H and O–H groups in total. The standard InChI is InChI=1S/C9H11FN2O5S/c1-17-9(14)8(5-13)12-18(15,16)7-2-6(10)3-11-4-7/h2-4,8,12-13H,5H2,1H3. The smallest absolute Gasteiger partial charge is 0.326 e. The summed E-state index contributed by atoms with van der Waals surface area (Å²) in [5.41, 5.74) is 0. The second-order valence-electron chi connectivity index (χ2n) is 3.22. The largest absolute Gasteiger partial charge is 0.468 e. The molecule has 0 aliphatic heterocycles. The van der Waals surface area contributed by atoms with Gasteiger partial charge in [0.15, 0.2) is 0 Å². The van der Waals surface area contributed by atoms with Crippen LogP contribution in [0.4, 0.5) is 4.39 Å². The summed E-state index contributed by atoms with van der Waals surface area (Å²) in [7, 11) is -3.12. The molecule has 0 spiro atoms. The fraction of sp³-hybridized carbons (Fsp3) is 0.333. The number of hydrogen-bond acceptors (Lipinski definition) is 6. The molecule has 0 bridgehead atoms. The zero-order valence-electron chi connectivity index (χ0n) is 9.33. The van der Waals surface area contributed by atoms with E-state index in [1.54, 1.807) is 0 Å². The van der Waals surface area contributed by atoms with Crippen LogP contribution >= 0.6 is 0 Å². The predicted molar refractivity (Wildman–Crippen MR) is 57.4 cm³/mol. The Kier molecular flexibility index (Phi) is 4.70. The molecule has 0 amide bonds. The summed E-state index contributed by atoms with van der Waals surface area (Å²) in [6.07, 6.45) is 1.75. The van der Waals surface area contributed by atoms with Crippen molar-refractivity contribution in [2.75, 3.05) is 13.7 Å². The van der Waals surface area contributed by atoms with E-state index in [1.807, 2.05) is 4.72 Å². The summed E-state index contributed by atoms with van der Waals surface area (Å²) in [4.78, 5) is 14.0. The minimum Gasteiger partial charge on any atom is -0.468 e. The topological polar surface area (TPSA) is 106 Å². The molecule has 0 saturated heterocycles. The molecule has 1 aromatic heterocycles. The molecule has 0 saturated carbocycles. The highest BCUT2D eigenvalue weighted by Gasteiger charge is 2.26. The molecule has 1 atom stereocenters. The van der Waals surface area contributed by atoms with E-state index in [4.69, 9.17) is 5.11 Å². The van der Waals surface area contributed by atoms with Gasteiger partial charge in [0.05, 0.1) is 19.9 Å². The summed E-state index contributed by atoms with van der Waals surface area (Å²) in [5, 5.41) is 8.87. The molecule has 18 heavy (non-hydrogen) atoms. The molecule has 1 unspecified atom stereocenters. The van der Waals surface area contributed by atoms with Gasteiger partial charge in [0.25, 0.3) is 0 Å². The predicted octanol–water partition coefficient (Wildman–Crippen LogP) is -0.967. The first kappa shape index (κ1) is 14.5. The molecule has 0 aliphatic carbocycles. The van der Waals surface area contributed by atoms with Crippen LogP contribution in [0.2, 0.25) is 0 Å². The van der Waals surface area contributed by atoms with Crippen LogP contribution in [0.3, 0.4) is 0 Å². The van der Waals surface area contributed by atoms with Crippen LogP contribution in [0.15, 0.2) is 23.4 Å². The van der Waals surface area contributed by atoms with E-state index in [1.165, 1.54) is 0 Å². The lowest BCUT2D eigenvalue weighted by molar-refractivity contribution is -0.143. The van der Waals surface area contributed by atoms with E-state index in [2.05, 4.69) is 9.72 Å². The first-order valence-corrected chi connectivity index (χ1v) is 6.20. The average Bonchev–Trinajstić information content (AvgIpc) is 2.35. The Morgan fingerprint density at radius 2 is 2.28 bits per heavy atom. The van der Waals surface area contributed by atoms with Crippen LogP contribution in [-0.4, -0.2) is 44.2 Å². The zero-order valence-corrected chi connectivity index (χ0v) is 10.1. The minimum absolute atomic E-state index is 0.454. The van der Waals surface area contributed by atoms with E-state index in [-0.39, 0.29) is 0 Å². The fourth-order valence-electron chi connectivity index (χ4n) is 1.10. The van der Waals surface area contributed by atoms with Gasteiger partial charge in [-0.15, -0.1) is 0 Å². The number of nitrogens with one attached hydrogen (secondary N) is 1. The zero-order chi connectivity index (χ0) is 13.8. The highest BCUT2D eigenvalue weighted by molar-refractivity contribution is 7.89. The molecule has 0 aromatic carbocycles. The SMILES string of the molecule is COC(=O)C(CO)NS(=O)(=O)c1cncc(F)c1. The number of halogens is 1. The number of esters is 1. The molecule has 0 aliphatic rings. The summed E-state index contributed by atoms with van der Waals surface area (Å²) in [6, 6.07) is -0.718. The Hall–Kier alpha value is -1.58. The number of aliphatic hydroxyl groups excluding tert-OH is 1. The van der Waals surface area contributed by atoms with Crippen LogP contribution in [0.1, 0.15) is 0 Å². The highest BCUT2D eigenvalue weighted by atomic mass is 32.2. The number of pyridine rings is 1. The second kappa shape index (κ2) is 5.85. The van der Waals surface area contributed by atoms with Gasteiger partial charge < -0.3 is 9.84 Å². The van der Waals surface area contributed by atoms with Crippen molar-refractivity contribution in [2.45, 2.75) is 10.9 Å². The maximum absolute atomic E-state index is 12.8. The van der Waals surface area contributed by atoms with Crippen molar-refractivity contribution < 1.29 is 27.4 Å². The van der Waals surface area contributed by atoms with Gasteiger partial charge in [-0.3, -0.25) is 9.78 Å². The van der Waals surface area contributed by atoms with Crippen LogP contribution < -0.4 is 4.72 Å². The maximum atomic E-state index is 12.8. The lowest BCUT2D eigenvalue weighted by Crippen LogP contribution is -2.43. The van der Waals surface area contributed by atoms with Crippen molar-refractivity contribution in [2.24, 2.45) is 0 Å². The number of aromatic nitrogens is 1. The molecular weight excluding hydrogens is 267 g/mol. The van der Waals surface area contributed by atoms with E-state index in [0.29, 0.717) is 0 Å². The molecule has 100 valence electrons. The molecular formula is C9H11FN2O5S. The number of carbonyl (C=O) groups is 1. The molecule has 7 nitrogen and oxygen atoms in total. The van der Waals surface area contributed by atoms with Crippen molar-refractivity contribution in [3.63, 3.8) is 0 Å². The third kappa shape index (κ3) is 3.45. The number of aliphatic hydroxyl groups is 1. The molecule has 0 fully saturated rings. The van der Waals surface area contributed by atoms with E-state index < -0.39 is 39.4 Å². The first-order chi connectivity index (χ1) is 8.40. The van der Waals surface area contributed by atoms with Crippen molar-refractivity contribution in [1.82, 2.24) is 9.71 Å². The summed E-state index contributed by atoms with van der Waals surface area (Å²) in [6.45, 7) is -0.783. The number of ether oxygens (including phenoxy) is 1. The van der Waals surface area contributed by atoms with Gasteiger partial charge in [-0.25, -0.2) is 12.8 Å². The van der Waals surface area contributed by atoms with Gasteiger partial charge in [0.2, 0.25) is 10.0 Å². The van der Waals surface area contributed by atoms with Crippen LogP contribution in [0.5, 0.6) is 0 Å². The lowest BCUT2D eigenvalue weighted by Gasteiger charge is -2.13. The number of hydrogen-bond donors (Lipinski definition) is 2.